The van der Waals surface area contributed by atoms with Gasteiger partial charge in [-0.15, -0.1) is 0 Å². The average Bonchev–Trinajstić information content (AvgIpc) is 2.29. The van der Waals surface area contributed by atoms with Crippen molar-refractivity contribution in [3.63, 3.8) is 0 Å². The number of hydrogen-bond donors (Lipinski definition) is 2. The van der Waals surface area contributed by atoms with Crippen LogP contribution in [0.3, 0.4) is 0 Å². The molecule has 0 aromatic carbocycles. The normalized spacial score (nSPS) is 31.2. The van der Waals surface area contributed by atoms with Crippen LogP contribution in [0.5, 0.6) is 0 Å². The van der Waals surface area contributed by atoms with Gasteiger partial charge in [-0.05, 0) is 52.0 Å². The summed E-state index contributed by atoms with van der Waals surface area (Å²) in [6.07, 6.45) is 9.56. The van der Waals surface area contributed by atoms with Crippen LogP contribution in [0.15, 0.2) is 0 Å². The first-order valence-electron chi connectivity index (χ1n) is 7.79. The summed E-state index contributed by atoms with van der Waals surface area (Å²) in [4.78, 5) is 0. The molecule has 18 heavy (non-hydrogen) atoms. The third-order valence-corrected chi connectivity index (χ3v) is 4.52. The van der Waals surface area contributed by atoms with Crippen LogP contribution in [0.2, 0.25) is 0 Å². The first-order chi connectivity index (χ1) is 8.37. The molecule has 1 saturated carbocycles. The molecule has 2 heteroatoms. The van der Waals surface area contributed by atoms with Crippen molar-refractivity contribution in [2.24, 2.45) is 5.41 Å². The molecule has 2 N–H and O–H groups in total. The number of nitrogens with one attached hydrogen (secondary N) is 2. The molecule has 1 aliphatic carbocycles. The standard InChI is InChI=1S/C16H34N2/c1-14(13-17-5)18-16(4)11-7-6-9-15(2,3)10-8-12-16/h14,17-18H,6-13H2,1-5H3. The Morgan fingerprint density at radius 1 is 0.944 bits per heavy atom. The lowest BCUT2D eigenvalue weighted by atomic mass is 9.82. The Hall–Kier alpha value is -0.0800. The van der Waals surface area contributed by atoms with Crippen molar-refractivity contribution in [3.8, 4) is 0 Å². The van der Waals surface area contributed by atoms with Crippen molar-refractivity contribution in [1.82, 2.24) is 10.6 Å². The van der Waals surface area contributed by atoms with E-state index in [4.69, 9.17) is 0 Å². The van der Waals surface area contributed by atoms with Gasteiger partial charge in [-0.25, -0.2) is 0 Å². The van der Waals surface area contributed by atoms with E-state index in [9.17, 15) is 0 Å². The second kappa shape index (κ2) is 6.91. The molecule has 1 rings (SSSR count). The van der Waals surface area contributed by atoms with Crippen LogP contribution in [-0.4, -0.2) is 25.2 Å². The van der Waals surface area contributed by atoms with Crippen LogP contribution in [-0.2, 0) is 0 Å². The Labute approximate surface area is 114 Å². The van der Waals surface area contributed by atoms with Gasteiger partial charge < -0.3 is 10.6 Å². The van der Waals surface area contributed by atoms with Crippen LogP contribution in [0.1, 0.15) is 72.6 Å². The molecule has 1 fully saturated rings. The number of rotatable bonds is 4. The lowest BCUT2D eigenvalue weighted by Crippen LogP contribution is -2.50. The fourth-order valence-electron chi connectivity index (χ4n) is 3.42. The van der Waals surface area contributed by atoms with Crippen LogP contribution >= 0.6 is 0 Å². The van der Waals surface area contributed by atoms with E-state index in [-0.39, 0.29) is 0 Å². The fraction of sp³-hybridized carbons (Fsp3) is 1.00. The van der Waals surface area contributed by atoms with Gasteiger partial charge in [-0.2, -0.15) is 0 Å². The van der Waals surface area contributed by atoms with E-state index < -0.39 is 0 Å². The highest BCUT2D eigenvalue weighted by atomic mass is 15.0. The maximum absolute atomic E-state index is 3.86. The van der Waals surface area contributed by atoms with E-state index in [0.29, 0.717) is 17.0 Å². The van der Waals surface area contributed by atoms with Crippen molar-refractivity contribution >= 4 is 0 Å². The molecule has 0 heterocycles. The zero-order valence-electron chi connectivity index (χ0n) is 13.2. The Morgan fingerprint density at radius 3 is 2.17 bits per heavy atom. The van der Waals surface area contributed by atoms with Gasteiger partial charge in [0.1, 0.15) is 0 Å². The summed E-state index contributed by atoms with van der Waals surface area (Å²) < 4.78 is 0. The predicted octanol–water partition coefficient (Wildman–Crippen LogP) is 3.71. The first-order valence-corrected chi connectivity index (χ1v) is 7.79. The van der Waals surface area contributed by atoms with Gasteiger partial charge in [0.25, 0.3) is 0 Å². The lowest BCUT2D eigenvalue weighted by molar-refractivity contribution is 0.256. The highest BCUT2D eigenvalue weighted by Gasteiger charge is 2.28. The summed E-state index contributed by atoms with van der Waals surface area (Å²) in [5, 5.41) is 7.12. The topological polar surface area (TPSA) is 24.1 Å². The van der Waals surface area contributed by atoms with Gasteiger partial charge in [-0.3, -0.25) is 0 Å². The van der Waals surface area contributed by atoms with E-state index in [2.05, 4.69) is 38.3 Å². The van der Waals surface area contributed by atoms with Crippen LogP contribution in [0, 0.1) is 5.41 Å². The Balaban J connectivity index is 2.53. The molecule has 0 saturated heterocycles. The van der Waals surface area contributed by atoms with Crippen LogP contribution < -0.4 is 10.6 Å². The summed E-state index contributed by atoms with van der Waals surface area (Å²) >= 11 is 0. The van der Waals surface area contributed by atoms with E-state index in [1.165, 1.54) is 44.9 Å². The van der Waals surface area contributed by atoms with Gasteiger partial charge in [0.15, 0.2) is 0 Å². The average molecular weight is 254 g/mol. The van der Waals surface area contributed by atoms with Gasteiger partial charge in [-0.1, -0.05) is 33.1 Å². The third-order valence-electron chi connectivity index (χ3n) is 4.52. The highest BCUT2D eigenvalue weighted by molar-refractivity contribution is 4.88. The van der Waals surface area contributed by atoms with E-state index >= 15 is 0 Å². The Bertz CT molecular complexity index is 237. The minimum Gasteiger partial charge on any atom is -0.318 e. The van der Waals surface area contributed by atoms with Crippen molar-refractivity contribution in [1.29, 1.82) is 0 Å². The molecule has 108 valence electrons. The van der Waals surface area contributed by atoms with Gasteiger partial charge >= 0.3 is 0 Å². The van der Waals surface area contributed by atoms with E-state index in [0.717, 1.165) is 6.54 Å². The molecular weight excluding hydrogens is 220 g/mol. The van der Waals surface area contributed by atoms with Gasteiger partial charge in [0, 0.05) is 18.1 Å². The molecule has 0 aliphatic heterocycles. The van der Waals surface area contributed by atoms with Crippen molar-refractivity contribution in [2.45, 2.75) is 84.2 Å². The van der Waals surface area contributed by atoms with Crippen molar-refractivity contribution < 1.29 is 0 Å². The molecule has 1 aliphatic rings. The quantitative estimate of drug-likeness (QED) is 0.799. The minimum absolute atomic E-state index is 0.344. The molecule has 0 radical (unpaired) electrons. The molecule has 0 spiro atoms. The maximum atomic E-state index is 3.86. The summed E-state index contributed by atoms with van der Waals surface area (Å²) in [6.45, 7) is 10.6. The molecule has 0 aromatic heterocycles. The molecule has 2 atom stereocenters. The van der Waals surface area contributed by atoms with Crippen molar-refractivity contribution in [2.75, 3.05) is 13.6 Å². The highest BCUT2D eigenvalue weighted by Crippen LogP contribution is 2.35. The molecule has 0 bridgehead atoms. The van der Waals surface area contributed by atoms with Crippen LogP contribution in [0.4, 0.5) is 0 Å². The summed E-state index contributed by atoms with van der Waals surface area (Å²) in [7, 11) is 2.03. The number of hydrogen-bond acceptors (Lipinski definition) is 2. The molecule has 0 amide bonds. The zero-order valence-corrected chi connectivity index (χ0v) is 13.2. The second-order valence-electron chi connectivity index (χ2n) is 7.39. The Kier molecular flexibility index (Phi) is 6.13. The van der Waals surface area contributed by atoms with E-state index in [1.54, 1.807) is 0 Å². The monoisotopic (exact) mass is 254 g/mol. The smallest absolute Gasteiger partial charge is 0.0169 e. The number of likely N-dealkylation sites (N-methyl/N-ethyl adjacent to an activating group) is 1. The third kappa shape index (κ3) is 5.71. The molecular formula is C16H34N2. The van der Waals surface area contributed by atoms with Crippen LogP contribution in [0.25, 0.3) is 0 Å². The van der Waals surface area contributed by atoms with Gasteiger partial charge in [0.05, 0.1) is 0 Å². The van der Waals surface area contributed by atoms with Crippen molar-refractivity contribution in [3.05, 3.63) is 0 Å². The summed E-state index contributed by atoms with van der Waals surface area (Å²) in [6, 6.07) is 0.564. The SMILES string of the molecule is CNCC(C)NC1(C)CCCCC(C)(C)CCC1. The predicted molar refractivity (Wildman–Crippen MR) is 81.0 cm³/mol. The first kappa shape index (κ1) is 16.0. The molecule has 2 nitrogen and oxygen atoms in total. The molecule has 2 unspecified atom stereocenters. The minimum atomic E-state index is 0.344. The van der Waals surface area contributed by atoms with E-state index in [1.807, 2.05) is 7.05 Å². The second-order valence-corrected chi connectivity index (χ2v) is 7.39. The Morgan fingerprint density at radius 2 is 1.50 bits per heavy atom. The fourth-order valence-corrected chi connectivity index (χ4v) is 3.42. The maximum Gasteiger partial charge on any atom is 0.0169 e. The zero-order chi connectivity index (χ0) is 13.6. The summed E-state index contributed by atoms with van der Waals surface area (Å²) in [5.74, 6) is 0. The lowest BCUT2D eigenvalue weighted by Gasteiger charge is -2.34. The largest absolute Gasteiger partial charge is 0.318 e. The van der Waals surface area contributed by atoms with Gasteiger partial charge in [0.2, 0.25) is 0 Å². The molecule has 0 aromatic rings. The summed E-state index contributed by atoms with van der Waals surface area (Å²) in [5.41, 5.74) is 0.901.